The molecular formula is C22H28N4O3. The maximum atomic E-state index is 10.8. The van der Waals surface area contributed by atoms with Crippen molar-refractivity contribution in [2.75, 3.05) is 26.8 Å². The molecule has 2 aromatic carbocycles. The number of aryl methyl sites for hydroxylation is 1. The van der Waals surface area contributed by atoms with E-state index in [1.165, 1.54) is 23.3 Å². The summed E-state index contributed by atoms with van der Waals surface area (Å²) >= 11 is 0. The third kappa shape index (κ3) is 6.02. The lowest BCUT2D eigenvalue weighted by Gasteiger charge is -2.24. The van der Waals surface area contributed by atoms with E-state index >= 15 is 0 Å². The second-order valence-corrected chi connectivity index (χ2v) is 7.46. The quantitative estimate of drug-likeness (QED) is 0.335. The molecule has 0 aliphatic carbocycles. The van der Waals surface area contributed by atoms with Crippen molar-refractivity contribution < 1.29 is 9.66 Å². The van der Waals surface area contributed by atoms with Gasteiger partial charge in [0.15, 0.2) is 5.96 Å². The zero-order valence-electron chi connectivity index (χ0n) is 17.0. The van der Waals surface area contributed by atoms with E-state index in [2.05, 4.69) is 29.3 Å². The minimum Gasteiger partial charge on any atom is -0.381 e. The molecule has 1 heterocycles. The standard InChI is InChI=1S/C22H28N4O3/c1-17-5-3-4-6-20(17)15-25(2)22(24-14-19-11-12-29-16-19)23-13-18-7-9-21(10-8-18)26(27)28/h3-10,19H,11-16H2,1-2H3,(H,23,24). The number of benzene rings is 2. The summed E-state index contributed by atoms with van der Waals surface area (Å²) in [6.07, 6.45) is 1.06. The molecule has 7 nitrogen and oxygen atoms in total. The number of non-ortho nitro benzene ring substituents is 1. The monoisotopic (exact) mass is 396 g/mol. The number of nitrogens with zero attached hydrogens (tertiary/aromatic N) is 3. The van der Waals surface area contributed by atoms with Crippen molar-refractivity contribution in [3.8, 4) is 0 Å². The SMILES string of the molecule is Cc1ccccc1CN(C)C(=NCc1ccc([N+](=O)[O-])cc1)NCC1CCOC1. The van der Waals surface area contributed by atoms with Crippen molar-refractivity contribution in [2.24, 2.45) is 10.9 Å². The number of aliphatic imine (C=N–C) groups is 1. The van der Waals surface area contributed by atoms with Crippen LogP contribution in [0.25, 0.3) is 0 Å². The summed E-state index contributed by atoms with van der Waals surface area (Å²) in [6, 6.07) is 14.9. The molecule has 3 rings (SSSR count). The van der Waals surface area contributed by atoms with Crippen LogP contribution < -0.4 is 5.32 Å². The Morgan fingerprint density at radius 2 is 2.03 bits per heavy atom. The molecule has 1 saturated heterocycles. The lowest BCUT2D eigenvalue weighted by Crippen LogP contribution is -2.41. The summed E-state index contributed by atoms with van der Waals surface area (Å²) < 4.78 is 5.47. The Hall–Kier alpha value is -2.93. The van der Waals surface area contributed by atoms with Crippen LogP contribution in [-0.4, -0.2) is 42.6 Å². The molecule has 154 valence electrons. The first-order valence-electron chi connectivity index (χ1n) is 9.88. The lowest BCUT2D eigenvalue weighted by molar-refractivity contribution is -0.384. The molecule has 1 atom stereocenters. The molecule has 7 heteroatoms. The van der Waals surface area contributed by atoms with Crippen LogP contribution in [0.2, 0.25) is 0 Å². The van der Waals surface area contributed by atoms with E-state index in [0.29, 0.717) is 12.5 Å². The van der Waals surface area contributed by atoms with E-state index in [-0.39, 0.29) is 10.6 Å². The first-order chi connectivity index (χ1) is 14.0. The Kier molecular flexibility index (Phi) is 7.19. The fourth-order valence-electron chi connectivity index (χ4n) is 3.30. The maximum absolute atomic E-state index is 10.8. The number of hydrogen-bond donors (Lipinski definition) is 1. The second-order valence-electron chi connectivity index (χ2n) is 7.46. The van der Waals surface area contributed by atoms with Crippen LogP contribution in [0.5, 0.6) is 0 Å². The number of ether oxygens (including phenoxy) is 1. The molecule has 1 N–H and O–H groups in total. The fraction of sp³-hybridized carbons (Fsp3) is 0.409. The minimum absolute atomic E-state index is 0.0917. The van der Waals surface area contributed by atoms with Crippen LogP contribution in [0.4, 0.5) is 5.69 Å². The van der Waals surface area contributed by atoms with Crippen molar-refractivity contribution in [1.29, 1.82) is 0 Å². The Labute approximate surface area is 171 Å². The lowest BCUT2D eigenvalue weighted by atomic mass is 10.1. The van der Waals surface area contributed by atoms with E-state index < -0.39 is 0 Å². The average Bonchev–Trinajstić information content (AvgIpc) is 3.23. The largest absolute Gasteiger partial charge is 0.381 e. The predicted molar refractivity (Wildman–Crippen MR) is 114 cm³/mol. The van der Waals surface area contributed by atoms with Gasteiger partial charge >= 0.3 is 0 Å². The number of nitro benzene ring substituents is 1. The van der Waals surface area contributed by atoms with Crippen molar-refractivity contribution in [3.63, 3.8) is 0 Å². The van der Waals surface area contributed by atoms with Gasteiger partial charge in [0.1, 0.15) is 0 Å². The third-order valence-electron chi connectivity index (χ3n) is 5.16. The highest BCUT2D eigenvalue weighted by Crippen LogP contribution is 2.14. The first-order valence-corrected chi connectivity index (χ1v) is 9.88. The van der Waals surface area contributed by atoms with Gasteiger partial charge in [-0.2, -0.15) is 0 Å². The first kappa shape index (κ1) is 20.8. The average molecular weight is 396 g/mol. The Morgan fingerprint density at radius 1 is 1.28 bits per heavy atom. The normalized spacial score (nSPS) is 16.6. The van der Waals surface area contributed by atoms with Gasteiger partial charge in [0.05, 0.1) is 18.1 Å². The highest BCUT2D eigenvalue weighted by molar-refractivity contribution is 5.79. The molecule has 0 spiro atoms. The number of rotatable bonds is 7. The smallest absolute Gasteiger partial charge is 0.269 e. The summed E-state index contributed by atoms with van der Waals surface area (Å²) in [6.45, 7) is 5.74. The van der Waals surface area contributed by atoms with Gasteiger partial charge < -0.3 is 15.0 Å². The van der Waals surface area contributed by atoms with E-state index in [1.807, 2.05) is 19.2 Å². The fourth-order valence-corrected chi connectivity index (χ4v) is 3.30. The van der Waals surface area contributed by atoms with Crippen LogP contribution in [0, 0.1) is 23.0 Å². The molecule has 0 bridgehead atoms. The van der Waals surface area contributed by atoms with Gasteiger partial charge in [0, 0.05) is 44.8 Å². The summed E-state index contributed by atoms with van der Waals surface area (Å²) in [4.78, 5) is 17.3. The van der Waals surface area contributed by atoms with Gasteiger partial charge in [-0.3, -0.25) is 10.1 Å². The van der Waals surface area contributed by atoms with E-state index in [9.17, 15) is 10.1 Å². The van der Waals surface area contributed by atoms with Gasteiger partial charge in [-0.15, -0.1) is 0 Å². The van der Waals surface area contributed by atoms with Crippen LogP contribution in [0.15, 0.2) is 53.5 Å². The van der Waals surface area contributed by atoms with Gasteiger partial charge in [0.25, 0.3) is 5.69 Å². The molecular weight excluding hydrogens is 368 g/mol. The summed E-state index contributed by atoms with van der Waals surface area (Å²) in [5.41, 5.74) is 3.53. The molecule has 1 aliphatic heterocycles. The topological polar surface area (TPSA) is 80.0 Å². The van der Waals surface area contributed by atoms with Crippen LogP contribution in [0.3, 0.4) is 0 Å². The zero-order valence-corrected chi connectivity index (χ0v) is 17.0. The van der Waals surface area contributed by atoms with E-state index in [4.69, 9.17) is 9.73 Å². The molecule has 1 unspecified atom stereocenters. The van der Waals surface area contributed by atoms with Crippen molar-refractivity contribution in [3.05, 3.63) is 75.3 Å². The molecule has 2 aromatic rings. The number of hydrogen-bond acceptors (Lipinski definition) is 4. The van der Waals surface area contributed by atoms with Crippen molar-refractivity contribution in [1.82, 2.24) is 10.2 Å². The Morgan fingerprint density at radius 3 is 2.69 bits per heavy atom. The molecule has 0 aromatic heterocycles. The van der Waals surface area contributed by atoms with E-state index in [1.54, 1.807) is 12.1 Å². The highest BCUT2D eigenvalue weighted by atomic mass is 16.6. The van der Waals surface area contributed by atoms with E-state index in [0.717, 1.165) is 44.2 Å². The third-order valence-corrected chi connectivity index (χ3v) is 5.16. The van der Waals surface area contributed by atoms with Gasteiger partial charge in [0.2, 0.25) is 0 Å². The second kappa shape index (κ2) is 10.0. The zero-order chi connectivity index (χ0) is 20.6. The highest BCUT2D eigenvalue weighted by Gasteiger charge is 2.17. The summed E-state index contributed by atoms with van der Waals surface area (Å²) in [5, 5.41) is 14.3. The number of guanidine groups is 1. The maximum Gasteiger partial charge on any atom is 0.269 e. The Bertz CT molecular complexity index is 845. The Balaban J connectivity index is 1.70. The molecule has 0 saturated carbocycles. The molecule has 0 amide bonds. The van der Waals surface area contributed by atoms with Crippen molar-refractivity contribution in [2.45, 2.75) is 26.4 Å². The van der Waals surface area contributed by atoms with Crippen LogP contribution in [0.1, 0.15) is 23.1 Å². The molecule has 0 radical (unpaired) electrons. The summed E-state index contributed by atoms with van der Waals surface area (Å²) in [7, 11) is 2.03. The molecule has 29 heavy (non-hydrogen) atoms. The predicted octanol–water partition coefficient (Wildman–Crippen LogP) is 3.52. The van der Waals surface area contributed by atoms with Crippen molar-refractivity contribution >= 4 is 11.6 Å². The molecule has 1 aliphatic rings. The van der Waals surface area contributed by atoms with Crippen LogP contribution in [-0.2, 0) is 17.8 Å². The minimum atomic E-state index is -0.389. The van der Waals surface area contributed by atoms with Gasteiger partial charge in [-0.05, 0) is 30.0 Å². The van der Waals surface area contributed by atoms with Gasteiger partial charge in [-0.25, -0.2) is 4.99 Å². The number of nitrogens with one attached hydrogen (secondary N) is 1. The summed E-state index contributed by atoms with van der Waals surface area (Å²) in [5.74, 6) is 1.31. The van der Waals surface area contributed by atoms with Crippen LogP contribution >= 0.6 is 0 Å². The molecule has 1 fully saturated rings. The number of nitro groups is 1. The van der Waals surface area contributed by atoms with Gasteiger partial charge in [-0.1, -0.05) is 36.4 Å².